The average molecular weight is 301 g/mol. The summed E-state index contributed by atoms with van der Waals surface area (Å²) in [4.78, 5) is 4.26. The Balaban J connectivity index is 2.00. The minimum Gasteiger partial charge on any atom is -0.477 e. The molecule has 20 heavy (non-hydrogen) atoms. The molecule has 1 aliphatic rings. The molecule has 108 valence electrons. The second-order valence-electron chi connectivity index (χ2n) is 4.30. The van der Waals surface area contributed by atoms with E-state index in [9.17, 15) is 13.2 Å². The van der Waals surface area contributed by atoms with Crippen molar-refractivity contribution in [3.63, 3.8) is 0 Å². The van der Waals surface area contributed by atoms with Gasteiger partial charge in [0.15, 0.2) is 0 Å². The molecule has 0 saturated heterocycles. The molecule has 6 heteroatoms. The molecule has 0 saturated carbocycles. The molecular formula is C14H14F3NOS. The first-order valence-electron chi connectivity index (χ1n) is 6.04. The maximum absolute atomic E-state index is 12.4. The van der Waals surface area contributed by atoms with E-state index in [0.717, 1.165) is 12.1 Å². The van der Waals surface area contributed by atoms with Crippen molar-refractivity contribution in [1.29, 1.82) is 0 Å². The van der Waals surface area contributed by atoms with Gasteiger partial charge >= 0.3 is 6.18 Å². The topological polar surface area (TPSA) is 21.6 Å². The molecule has 1 atom stereocenters. The summed E-state index contributed by atoms with van der Waals surface area (Å²) in [6.45, 7) is 1.31. The van der Waals surface area contributed by atoms with Crippen LogP contribution in [0, 0.1) is 0 Å². The zero-order valence-electron chi connectivity index (χ0n) is 10.9. The number of rotatable bonds is 3. The molecule has 0 fully saturated rings. The largest absolute Gasteiger partial charge is 0.477 e. The third kappa shape index (κ3) is 4.03. The fraction of sp³-hybridized carbons (Fsp3) is 0.357. The van der Waals surface area contributed by atoms with Crippen molar-refractivity contribution in [2.24, 2.45) is 4.99 Å². The standard InChI is InChI=1S/C14H14F3NOS/c1-20-12-8-18-13(19-9-12)7-4-10-2-5-11(6-3-10)14(15,16)17/h2-7,12H,8-9H2,1H3/b7-4+. The molecule has 1 aromatic carbocycles. The van der Waals surface area contributed by atoms with Gasteiger partial charge in [0.25, 0.3) is 0 Å². The second-order valence-corrected chi connectivity index (χ2v) is 5.44. The molecular weight excluding hydrogens is 287 g/mol. The Morgan fingerprint density at radius 2 is 1.95 bits per heavy atom. The highest BCUT2D eigenvalue weighted by molar-refractivity contribution is 7.99. The molecule has 0 aliphatic carbocycles. The molecule has 0 amide bonds. The average Bonchev–Trinajstić information content (AvgIpc) is 2.45. The van der Waals surface area contributed by atoms with Gasteiger partial charge in [-0.25, -0.2) is 0 Å². The van der Waals surface area contributed by atoms with E-state index in [2.05, 4.69) is 4.99 Å². The number of benzene rings is 1. The highest BCUT2D eigenvalue weighted by Crippen LogP contribution is 2.29. The Bertz CT molecular complexity index is 508. The van der Waals surface area contributed by atoms with Gasteiger partial charge in [-0.15, -0.1) is 0 Å². The lowest BCUT2D eigenvalue weighted by molar-refractivity contribution is -0.137. The molecule has 2 nitrogen and oxygen atoms in total. The molecule has 0 aromatic heterocycles. The van der Waals surface area contributed by atoms with Gasteiger partial charge in [-0.1, -0.05) is 12.1 Å². The smallest absolute Gasteiger partial charge is 0.416 e. The SMILES string of the molecule is CSC1CN=C(/C=C/c2ccc(C(F)(F)F)cc2)OC1. The van der Waals surface area contributed by atoms with Crippen LogP contribution in [-0.4, -0.2) is 30.6 Å². The second kappa shape index (κ2) is 6.35. The van der Waals surface area contributed by atoms with Crippen LogP contribution in [0.1, 0.15) is 11.1 Å². The summed E-state index contributed by atoms with van der Waals surface area (Å²) in [5.41, 5.74) is 0.0278. The summed E-state index contributed by atoms with van der Waals surface area (Å²) >= 11 is 1.70. The summed E-state index contributed by atoms with van der Waals surface area (Å²) in [5.74, 6) is 0.523. The van der Waals surface area contributed by atoms with Crippen LogP contribution in [0.5, 0.6) is 0 Å². The molecule has 1 aromatic rings. The van der Waals surface area contributed by atoms with E-state index in [1.807, 2.05) is 6.26 Å². The quantitative estimate of drug-likeness (QED) is 0.845. The first-order chi connectivity index (χ1) is 9.49. The van der Waals surface area contributed by atoms with E-state index in [4.69, 9.17) is 4.74 Å². The highest BCUT2D eigenvalue weighted by Gasteiger charge is 2.29. The van der Waals surface area contributed by atoms with Crippen molar-refractivity contribution in [3.05, 3.63) is 41.5 Å². The van der Waals surface area contributed by atoms with Crippen molar-refractivity contribution in [2.45, 2.75) is 11.4 Å². The summed E-state index contributed by atoms with van der Waals surface area (Å²) in [5, 5.41) is 0.373. The fourth-order valence-electron chi connectivity index (χ4n) is 1.66. The lowest BCUT2D eigenvalue weighted by Gasteiger charge is -2.18. The molecule has 0 N–H and O–H groups in total. The van der Waals surface area contributed by atoms with Crippen molar-refractivity contribution in [2.75, 3.05) is 19.4 Å². The van der Waals surface area contributed by atoms with E-state index in [1.54, 1.807) is 23.9 Å². The first kappa shape index (κ1) is 15.0. The maximum Gasteiger partial charge on any atom is 0.416 e. The highest BCUT2D eigenvalue weighted by atomic mass is 32.2. The summed E-state index contributed by atoms with van der Waals surface area (Å²) in [7, 11) is 0. The lowest BCUT2D eigenvalue weighted by atomic mass is 10.1. The molecule has 0 bridgehead atoms. The van der Waals surface area contributed by atoms with Crippen molar-refractivity contribution in [3.8, 4) is 0 Å². The van der Waals surface area contributed by atoms with Gasteiger partial charge in [0.2, 0.25) is 5.90 Å². The fourth-order valence-corrected chi connectivity index (χ4v) is 2.09. The molecule has 1 unspecified atom stereocenters. The minimum absolute atomic E-state index is 0.373. The Labute approximate surface area is 119 Å². The third-order valence-corrected chi connectivity index (χ3v) is 3.81. The van der Waals surface area contributed by atoms with E-state index < -0.39 is 11.7 Å². The van der Waals surface area contributed by atoms with E-state index >= 15 is 0 Å². The van der Waals surface area contributed by atoms with Gasteiger partial charge in [-0.2, -0.15) is 24.9 Å². The molecule has 1 aliphatic heterocycles. The number of hydrogen-bond donors (Lipinski definition) is 0. The summed E-state index contributed by atoms with van der Waals surface area (Å²) < 4.78 is 42.7. The predicted molar refractivity (Wildman–Crippen MR) is 76.0 cm³/mol. The van der Waals surface area contributed by atoms with E-state index in [0.29, 0.717) is 29.9 Å². The third-order valence-electron chi connectivity index (χ3n) is 2.86. The van der Waals surface area contributed by atoms with Crippen LogP contribution in [0.4, 0.5) is 13.2 Å². The van der Waals surface area contributed by atoms with Crippen LogP contribution in [0.25, 0.3) is 6.08 Å². The van der Waals surface area contributed by atoms with Crippen LogP contribution in [0.3, 0.4) is 0 Å². The molecule has 1 heterocycles. The zero-order valence-corrected chi connectivity index (χ0v) is 11.7. The van der Waals surface area contributed by atoms with Crippen LogP contribution in [0.2, 0.25) is 0 Å². The maximum atomic E-state index is 12.4. The molecule has 0 spiro atoms. The van der Waals surface area contributed by atoms with Crippen molar-refractivity contribution < 1.29 is 17.9 Å². The van der Waals surface area contributed by atoms with Crippen LogP contribution in [-0.2, 0) is 10.9 Å². The van der Waals surface area contributed by atoms with Crippen LogP contribution in [0.15, 0.2) is 35.3 Å². The van der Waals surface area contributed by atoms with Gasteiger partial charge in [-0.3, -0.25) is 4.99 Å². The van der Waals surface area contributed by atoms with Crippen LogP contribution < -0.4 is 0 Å². The van der Waals surface area contributed by atoms with E-state index in [-0.39, 0.29) is 0 Å². The van der Waals surface area contributed by atoms with E-state index in [1.165, 1.54) is 12.1 Å². The van der Waals surface area contributed by atoms with Crippen molar-refractivity contribution >= 4 is 23.7 Å². The van der Waals surface area contributed by atoms with Gasteiger partial charge < -0.3 is 4.74 Å². The molecule has 2 rings (SSSR count). The number of thioether (sulfide) groups is 1. The number of alkyl halides is 3. The number of ether oxygens (including phenoxy) is 1. The lowest BCUT2D eigenvalue weighted by Crippen LogP contribution is -2.23. The molecule has 0 radical (unpaired) electrons. The predicted octanol–water partition coefficient (Wildman–Crippen LogP) is 3.88. The van der Waals surface area contributed by atoms with Gasteiger partial charge in [0.1, 0.15) is 6.61 Å². The Morgan fingerprint density at radius 1 is 1.25 bits per heavy atom. The van der Waals surface area contributed by atoms with Gasteiger partial charge in [-0.05, 0) is 30.0 Å². The summed E-state index contributed by atoms with van der Waals surface area (Å²) in [6.07, 6.45) is 1.08. The number of hydrogen-bond acceptors (Lipinski definition) is 3. The summed E-state index contributed by atoms with van der Waals surface area (Å²) in [6, 6.07) is 4.97. The minimum atomic E-state index is -4.30. The first-order valence-corrected chi connectivity index (χ1v) is 7.33. The number of aliphatic imine (C=N–C) groups is 1. The Morgan fingerprint density at radius 3 is 2.45 bits per heavy atom. The number of nitrogens with zero attached hydrogens (tertiary/aromatic N) is 1. The monoisotopic (exact) mass is 301 g/mol. The van der Waals surface area contributed by atoms with Crippen molar-refractivity contribution in [1.82, 2.24) is 0 Å². The Hall–Kier alpha value is -1.43. The van der Waals surface area contributed by atoms with Gasteiger partial charge in [0.05, 0.1) is 17.4 Å². The van der Waals surface area contributed by atoms with Gasteiger partial charge in [0, 0.05) is 6.08 Å². The van der Waals surface area contributed by atoms with Crippen LogP contribution >= 0.6 is 11.8 Å². The normalized spacial score (nSPS) is 19.8. The number of halogens is 3. The zero-order chi connectivity index (χ0) is 14.6. The Kier molecular flexibility index (Phi) is 4.75.